The van der Waals surface area contributed by atoms with Gasteiger partial charge in [0.1, 0.15) is 0 Å². The van der Waals surface area contributed by atoms with Crippen LogP contribution in [-0.4, -0.2) is 54.3 Å². The molecule has 0 aromatic heterocycles. The van der Waals surface area contributed by atoms with Crippen LogP contribution in [0.5, 0.6) is 0 Å². The van der Waals surface area contributed by atoms with Crippen molar-refractivity contribution in [2.24, 2.45) is 5.73 Å². The van der Waals surface area contributed by atoms with E-state index in [1.165, 1.54) is 0 Å². The molecule has 0 fully saturated rings. The van der Waals surface area contributed by atoms with Crippen molar-refractivity contribution in [1.82, 2.24) is 5.32 Å². The van der Waals surface area contributed by atoms with Crippen LogP contribution < -0.4 is 11.1 Å². The van der Waals surface area contributed by atoms with Crippen LogP contribution in [0.2, 0.25) is 0 Å². The van der Waals surface area contributed by atoms with Crippen molar-refractivity contribution in [3.63, 3.8) is 0 Å². The lowest BCUT2D eigenvalue weighted by molar-refractivity contribution is 0.203. The third-order valence-electron chi connectivity index (χ3n) is 0.918. The second-order valence-electron chi connectivity index (χ2n) is 2.28. The molecule has 0 aliphatic carbocycles. The van der Waals surface area contributed by atoms with Gasteiger partial charge in [-0.2, -0.15) is 0 Å². The smallest absolute Gasteiger partial charge is 0.0634 e. The van der Waals surface area contributed by atoms with Crippen molar-refractivity contribution in [2.75, 3.05) is 32.8 Å². The number of nitrogens with two attached hydrogens (primary N) is 1. The summed E-state index contributed by atoms with van der Waals surface area (Å²) in [5.74, 6) is 0. The van der Waals surface area contributed by atoms with E-state index in [0.717, 1.165) is 0 Å². The monoisotopic (exact) mass is 180 g/mol. The largest absolute Gasteiger partial charge is 0.395 e. The van der Waals surface area contributed by atoms with Gasteiger partial charge in [0, 0.05) is 19.6 Å². The standard InChI is InChI=1S/C4H11NO2.C3H9NO/c6-3-1-5-2-4-7;1-3(5)2-4/h5-7H,1-4H2;3,5H,2,4H2,1H3. The highest BCUT2D eigenvalue weighted by molar-refractivity contribution is 4.40. The zero-order valence-corrected chi connectivity index (χ0v) is 7.53. The van der Waals surface area contributed by atoms with Crippen molar-refractivity contribution in [3.8, 4) is 0 Å². The molecule has 1 atom stereocenters. The first-order chi connectivity index (χ1) is 5.68. The molecule has 0 aromatic rings. The van der Waals surface area contributed by atoms with Crippen molar-refractivity contribution in [1.29, 1.82) is 0 Å². The second-order valence-corrected chi connectivity index (χ2v) is 2.28. The van der Waals surface area contributed by atoms with E-state index in [2.05, 4.69) is 5.32 Å². The summed E-state index contributed by atoms with van der Waals surface area (Å²) in [4.78, 5) is 0. The summed E-state index contributed by atoms with van der Waals surface area (Å²) in [6.45, 7) is 3.43. The Morgan fingerprint density at radius 2 is 1.58 bits per heavy atom. The first kappa shape index (κ1) is 14.3. The number of aliphatic hydroxyl groups excluding tert-OH is 3. The van der Waals surface area contributed by atoms with E-state index in [9.17, 15) is 0 Å². The van der Waals surface area contributed by atoms with Crippen LogP contribution in [0.25, 0.3) is 0 Å². The van der Waals surface area contributed by atoms with Gasteiger partial charge in [-0.25, -0.2) is 0 Å². The Morgan fingerprint density at radius 1 is 1.25 bits per heavy atom. The van der Waals surface area contributed by atoms with Crippen LogP contribution >= 0.6 is 0 Å². The van der Waals surface area contributed by atoms with Crippen molar-refractivity contribution in [2.45, 2.75) is 13.0 Å². The van der Waals surface area contributed by atoms with Crippen LogP contribution in [0.1, 0.15) is 6.92 Å². The molecule has 1 unspecified atom stereocenters. The van der Waals surface area contributed by atoms with Crippen LogP contribution in [0.4, 0.5) is 0 Å². The summed E-state index contributed by atoms with van der Waals surface area (Å²) < 4.78 is 0. The van der Waals surface area contributed by atoms with E-state index in [1.54, 1.807) is 6.92 Å². The highest BCUT2D eigenvalue weighted by Crippen LogP contribution is 1.65. The predicted molar refractivity (Wildman–Crippen MR) is 47.8 cm³/mol. The van der Waals surface area contributed by atoms with E-state index in [4.69, 9.17) is 21.1 Å². The zero-order chi connectivity index (χ0) is 9.82. The van der Waals surface area contributed by atoms with Gasteiger partial charge in [0.15, 0.2) is 0 Å². The molecule has 0 aliphatic rings. The average molecular weight is 180 g/mol. The van der Waals surface area contributed by atoms with Gasteiger partial charge in [0.2, 0.25) is 0 Å². The van der Waals surface area contributed by atoms with E-state index in [1.807, 2.05) is 0 Å². The topological polar surface area (TPSA) is 98.7 Å². The van der Waals surface area contributed by atoms with E-state index < -0.39 is 0 Å². The molecule has 0 heterocycles. The Kier molecular flexibility index (Phi) is 16.0. The second kappa shape index (κ2) is 13.4. The molecule has 0 bridgehead atoms. The lowest BCUT2D eigenvalue weighted by Crippen LogP contribution is -2.21. The van der Waals surface area contributed by atoms with E-state index in [-0.39, 0.29) is 19.3 Å². The Labute approximate surface area is 73.2 Å². The van der Waals surface area contributed by atoms with Crippen molar-refractivity contribution >= 4 is 0 Å². The molecule has 0 amide bonds. The Hall–Kier alpha value is -0.200. The van der Waals surface area contributed by atoms with Crippen molar-refractivity contribution < 1.29 is 15.3 Å². The van der Waals surface area contributed by atoms with Gasteiger partial charge in [-0.15, -0.1) is 0 Å². The fraction of sp³-hybridized carbons (Fsp3) is 1.00. The maximum Gasteiger partial charge on any atom is 0.0634 e. The molecule has 12 heavy (non-hydrogen) atoms. The maximum atomic E-state index is 8.24. The number of nitrogens with one attached hydrogen (secondary N) is 1. The molecule has 5 nitrogen and oxygen atoms in total. The first-order valence-electron chi connectivity index (χ1n) is 3.99. The van der Waals surface area contributed by atoms with Crippen LogP contribution in [0.15, 0.2) is 0 Å². The number of aliphatic hydroxyl groups is 3. The number of hydrogen-bond donors (Lipinski definition) is 5. The molecule has 0 rings (SSSR count). The third-order valence-corrected chi connectivity index (χ3v) is 0.918. The molecule has 0 saturated heterocycles. The molecule has 0 spiro atoms. The SMILES string of the molecule is CC(O)CN.OCCNCCO. The van der Waals surface area contributed by atoms with Gasteiger partial charge in [-0.1, -0.05) is 0 Å². The maximum absolute atomic E-state index is 8.24. The minimum absolute atomic E-state index is 0.139. The van der Waals surface area contributed by atoms with E-state index in [0.29, 0.717) is 19.6 Å². The molecule has 6 N–H and O–H groups in total. The minimum Gasteiger partial charge on any atom is -0.395 e. The molecular weight excluding hydrogens is 160 g/mol. The van der Waals surface area contributed by atoms with Crippen molar-refractivity contribution in [3.05, 3.63) is 0 Å². The first-order valence-corrected chi connectivity index (χ1v) is 3.99. The Morgan fingerprint density at radius 3 is 1.75 bits per heavy atom. The summed E-state index contributed by atoms with van der Waals surface area (Å²) >= 11 is 0. The average Bonchev–Trinajstić information content (AvgIpc) is 2.07. The third kappa shape index (κ3) is 22.6. The molecule has 76 valence electrons. The van der Waals surface area contributed by atoms with Gasteiger partial charge in [0.05, 0.1) is 19.3 Å². The minimum atomic E-state index is -0.338. The summed E-state index contributed by atoms with van der Waals surface area (Å²) in [6, 6.07) is 0. The highest BCUT2D eigenvalue weighted by atomic mass is 16.3. The number of rotatable bonds is 5. The summed E-state index contributed by atoms with van der Waals surface area (Å²) in [5, 5.41) is 27.3. The van der Waals surface area contributed by atoms with Crippen LogP contribution in [0, 0.1) is 0 Å². The quantitative estimate of drug-likeness (QED) is 0.312. The molecule has 5 heteroatoms. The molecular formula is C7H20N2O3. The van der Waals surface area contributed by atoms with Gasteiger partial charge in [0.25, 0.3) is 0 Å². The Bertz CT molecular complexity index is 67.7. The molecule has 0 aliphatic heterocycles. The molecule has 0 saturated carbocycles. The van der Waals surface area contributed by atoms with Crippen LogP contribution in [-0.2, 0) is 0 Å². The fourth-order valence-corrected chi connectivity index (χ4v) is 0.283. The Balaban J connectivity index is 0. The van der Waals surface area contributed by atoms with Gasteiger partial charge in [-0.05, 0) is 6.92 Å². The molecule has 0 radical (unpaired) electrons. The lowest BCUT2D eigenvalue weighted by atomic mass is 10.4. The summed E-state index contributed by atoms with van der Waals surface area (Å²) in [5.41, 5.74) is 4.92. The zero-order valence-electron chi connectivity index (χ0n) is 7.53. The summed E-state index contributed by atoms with van der Waals surface area (Å²) in [6.07, 6.45) is -0.338. The van der Waals surface area contributed by atoms with Gasteiger partial charge in [-0.3, -0.25) is 0 Å². The van der Waals surface area contributed by atoms with Gasteiger partial charge >= 0.3 is 0 Å². The highest BCUT2D eigenvalue weighted by Gasteiger charge is 1.81. The van der Waals surface area contributed by atoms with E-state index >= 15 is 0 Å². The number of hydrogen-bond acceptors (Lipinski definition) is 5. The lowest BCUT2D eigenvalue weighted by Gasteiger charge is -1.94. The normalized spacial score (nSPS) is 11.8. The van der Waals surface area contributed by atoms with Gasteiger partial charge < -0.3 is 26.4 Å². The van der Waals surface area contributed by atoms with Crippen LogP contribution in [0.3, 0.4) is 0 Å². The predicted octanol–water partition coefficient (Wildman–Crippen LogP) is -2.11. The fourth-order valence-electron chi connectivity index (χ4n) is 0.283. The molecule has 0 aromatic carbocycles. The summed E-state index contributed by atoms with van der Waals surface area (Å²) in [7, 11) is 0.